The van der Waals surface area contributed by atoms with Gasteiger partial charge in [0.05, 0.1) is 0 Å². The van der Waals surface area contributed by atoms with E-state index in [0.29, 0.717) is 0 Å². The van der Waals surface area contributed by atoms with E-state index in [9.17, 15) is 0 Å². The van der Waals surface area contributed by atoms with Gasteiger partial charge in [-0.3, -0.25) is 0 Å². The number of rotatable bonds is 2. The molecule has 0 amide bonds. The zero-order valence-electron chi connectivity index (χ0n) is 19.6. The van der Waals surface area contributed by atoms with Gasteiger partial charge >= 0.3 is 0 Å². The van der Waals surface area contributed by atoms with E-state index < -0.39 is 0 Å². The quantitative estimate of drug-likeness (QED) is 0.333. The molecule has 0 saturated carbocycles. The van der Waals surface area contributed by atoms with Crippen LogP contribution in [0, 0.1) is 13.8 Å². The molecular weight excluding hydrogens is 372 g/mol. The van der Waals surface area contributed by atoms with Gasteiger partial charge in [-0.1, -0.05) is 50.2 Å². The van der Waals surface area contributed by atoms with Crippen molar-refractivity contribution in [3.05, 3.63) is 103 Å². The van der Waals surface area contributed by atoms with Gasteiger partial charge in [0.15, 0.2) is 0 Å². The minimum atomic E-state index is 0.277. The molecule has 1 unspecified atom stereocenters. The summed E-state index contributed by atoms with van der Waals surface area (Å²) >= 11 is 0. The van der Waals surface area contributed by atoms with Crippen molar-refractivity contribution in [2.75, 3.05) is 0 Å². The monoisotopic (exact) mass is 406 g/mol. The van der Waals surface area contributed by atoms with Crippen LogP contribution in [0.5, 0.6) is 0 Å². The van der Waals surface area contributed by atoms with Crippen molar-refractivity contribution in [1.29, 1.82) is 0 Å². The van der Waals surface area contributed by atoms with Gasteiger partial charge in [0.1, 0.15) is 0 Å². The van der Waals surface area contributed by atoms with Crippen LogP contribution in [0.25, 0.3) is 0 Å². The van der Waals surface area contributed by atoms with E-state index in [2.05, 4.69) is 64.1 Å². The van der Waals surface area contributed by atoms with Crippen molar-refractivity contribution >= 4 is 0 Å². The average Bonchev–Trinajstić information content (AvgIpc) is 3.32. The Morgan fingerprint density at radius 3 is 1.68 bits per heavy atom. The molecule has 0 nitrogen and oxygen atoms in total. The Kier molecular flexibility index (Phi) is 4.26. The molecule has 0 aromatic heterocycles. The molecule has 3 aliphatic carbocycles. The second-order valence-electron chi connectivity index (χ2n) is 10.4. The lowest BCUT2D eigenvalue weighted by atomic mass is 9.74. The van der Waals surface area contributed by atoms with Gasteiger partial charge in [0.2, 0.25) is 0 Å². The third kappa shape index (κ3) is 2.73. The molecular formula is C31H34. The predicted octanol–water partition coefficient (Wildman–Crippen LogP) is 7.10. The van der Waals surface area contributed by atoms with Crippen LogP contribution in [0.4, 0.5) is 0 Å². The minimum Gasteiger partial charge on any atom is -0.0613 e. The Morgan fingerprint density at radius 1 is 0.581 bits per heavy atom. The van der Waals surface area contributed by atoms with E-state index in [0.717, 1.165) is 25.7 Å². The zero-order valence-corrected chi connectivity index (χ0v) is 19.6. The number of hydrogen-bond acceptors (Lipinski definition) is 0. The highest BCUT2D eigenvalue weighted by Crippen LogP contribution is 2.53. The fourth-order valence-electron chi connectivity index (χ4n) is 6.95. The number of hydrogen-bond donors (Lipinski definition) is 0. The van der Waals surface area contributed by atoms with E-state index >= 15 is 0 Å². The molecule has 6 rings (SSSR count). The topological polar surface area (TPSA) is 0 Å². The summed E-state index contributed by atoms with van der Waals surface area (Å²) in [6, 6.07) is 15.3. The molecule has 1 spiro atoms. The van der Waals surface area contributed by atoms with Crippen LogP contribution in [0.3, 0.4) is 0 Å². The Morgan fingerprint density at radius 2 is 1.06 bits per heavy atom. The lowest BCUT2D eigenvalue weighted by Crippen LogP contribution is -2.22. The Balaban J connectivity index is 1.46. The maximum atomic E-state index is 2.64. The molecule has 0 saturated heterocycles. The molecule has 3 aromatic carbocycles. The van der Waals surface area contributed by atoms with Gasteiger partial charge in [0.25, 0.3) is 0 Å². The van der Waals surface area contributed by atoms with Gasteiger partial charge in [-0.2, -0.15) is 0 Å². The van der Waals surface area contributed by atoms with Crippen molar-refractivity contribution in [3.8, 4) is 0 Å². The average molecular weight is 407 g/mol. The Labute approximate surface area is 187 Å². The molecule has 0 heterocycles. The largest absolute Gasteiger partial charge is 0.0613 e. The molecule has 3 aromatic rings. The second kappa shape index (κ2) is 6.83. The van der Waals surface area contributed by atoms with E-state index in [1.165, 1.54) is 36.8 Å². The fourth-order valence-corrected chi connectivity index (χ4v) is 6.95. The molecule has 0 N–H and O–H groups in total. The van der Waals surface area contributed by atoms with E-state index in [1.54, 1.807) is 55.6 Å². The standard InChI is InChI=1S/C31H34/c1-5-21-13-23-7-9-31(29(23)17-22(21)6-2)10-8-24-14-27-15-25-11-19(3)20(4)12-26(25)16-28(27)18-30(24)31/h11-14,17-18H,5-10,15-16H2,1-4H3. The first-order valence-corrected chi connectivity index (χ1v) is 12.4. The SMILES string of the molecule is CCc1cc2c(cc1CC)C1(CC2)CCc2cc3c(cc21)Cc1cc(C)c(C)cc1C3. The first-order chi connectivity index (χ1) is 15.0. The van der Waals surface area contributed by atoms with Crippen LogP contribution in [0.1, 0.15) is 93.5 Å². The second-order valence-corrected chi connectivity index (χ2v) is 10.4. The number of benzene rings is 3. The molecule has 0 bridgehead atoms. The van der Waals surface area contributed by atoms with Crippen LogP contribution in [-0.2, 0) is 43.9 Å². The zero-order chi connectivity index (χ0) is 21.3. The highest BCUT2D eigenvalue weighted by atomic mass is 14.5. The highest BCUT2D eigenvalue weighted by Gasteiger charge is 2.45. The molecule has 0 radical (unpaired) electrons. The van der Waals surface area contributed by atoms with Gasteiger partial charge in [-0.05, 0) is 132 Å². The van der Waals surface area contributed by atoms with E-state index in [4.69, 9.17) is 0 Å². The van der Waals surface area contributed by atoms with Crippen LogP contribution in [0.15, 0.2) is 36.4 Å². The third-order valence-electron chi connectivity index (χ3n) is 8.86. The van der Waals surface area contributed by atoms with Crippen molar-refractivity contribution in [3.63, 3.8) is 0 Å². The smallest absolute Gasteiger partial charge is 0.0214 e. The summed E-state index contributed by atoms with van der Waals surface area (Å²) in [5.41, 5.74) is 19.2. The van der Waals surface area contributed by atoms with Crippen LogP contribution in [-0.4, -0.2) is 0 Å². The summed E-state index contributed by atoms with van der Waals surface area (Å²) < 4.78 is 0. The molecule has 0 aliphatic heterocycles. The highest BCUT2D eigenvalue weighted by molar-refractivity contribution is 5.59. The lowest BCUT2D eigenvalue weighted by Gasteiger charge is -2.29. The minimum absolute atomic E-state index is 0.277. The molecule has 158 valence electrons. The van der Waals surface area contributed by atoms with E-state index in [-0.39, 0.29) is 5.41 Å². The van der Waals surface area contributed by atoms with Gasteiger partial charge in [0, 0.05) is 5.41 Å². The number of fused-ring (bicyclic) bond motifs is 6. The number of aryl methyl sites for hydroxylation is 6. The van der Waals surface area contributed by atoms with Crippen molar-refractivity contribution < 1.29 is 0 Å². The summed E-state index contributed by atoms with van der Waals surface area (Å²) in [5.74, 6) is 0. The van der Waals surface area contributed by atoms with Crippen molar-refractivity contribution in [2.45, 2.75) is 84.5 Å². The summed E-state index contributed by atoms with van der Waals surface area (Å²) in [4.78, 5) is 0. The first-order valence-electron chi connectivity index (χ1n) is 12.4. The molecule has 31 heavy (non-hydrogen) atoms. The predicted molar refractivity (Wildman–Crippen MR) is 131 cm³/mol. The maximum Gasteiger partial charge on any atom is 0.0214 e. The summed E-state index contributed by atoms with van der Waals surface area (Å²) in [6.45, 7) is 9.14. The first kappa shape index (κ1) is 19.4. The van der Waals surface area contributed by atoms with Gasteiger partial charge in [-0.15, -0.1) is 0 Å². The van der Waals surface area contributed by atoms with Crippen molar-refractivity contribution in [2.24, 2.45) is 0 Å². The summed E-state index contributed by atoms with van der Waals surface area (Å²) in [7, 11) is 0. The molecule has 3 aliphatic rings. The fraction of sp³-hybridized carbons (Fsp3) is 0.419. The Hall–Kier alpha value is -2.34. The van der Waals surface area contributed by atoms with Gasteiger partial charge < -0.3 is 0 Å². The molecule has 0 fully saturated rings. The molecule has 1 atom stereocenters. The Bertz CT molecular complexity index is 1230. The normalized spacial score (nSPS) is 20.5. The van der Waals surface area contributed by atoms with Gasteiger partial charge in [-0.25, -0.2) is 0 Å². The van der Waals surface area contributed by atoms with Crippen LogP contribution in [0.2, 0.25) is 0 Å². The summed E-state index contributed by atoms with van der Waals surface area (Å²) in [5, 5.41) is 0. The summed E-state index contributed by atoms with van der Waals surface area (Å²) in [6.07, 6.45) is 9.64. The third-order valence-corrected chi connectivity index (χ3v) is 8.86. The van der Waals surface area contributed by atoms with Crippen LogP contribution < -0.4 is 0 Å². The van der Waals surface area contributed by atoms with Crippen LogP contribution >= 0.6 is 0 Å². The maximum absolute atomic E-state index is 2.64. The van der Waals surface area contributed by atoms with Crippen molar-refractivity contribution in [1.82, 2.24) is 0 Å². The lowest BCUT2D eigenvalue weighted by molar-refractivity contribution is 0.506. The van der Waals surface area contributed by atoms with E-state index in [1.807, 2.05) is 0 Å². The molecule has 0 heteroatoms.